The molecule has 0 aliphatic heterocycles. The smallest absolute Gasteiger partial charge is 0.269 e. The number of amides is 2. The lowest BCUT2D eigenvalue weighted by Crippen LogP contribution is -2.41. The van der Waals surface area contributed by atoms with E-state index in [-0.39, 0.29) is 10.5 Å². The van der Waals surface area contributed by atoms with Crippen LogP contribution in [0.3, 0.4) is 0 Å². The zero-order valence-corrected chi connectivity index (χ0v) is 19.6. The number of nitrogens with one attached hydrogen (secondary N) is 3. The van der Waals surface area contributed by atoms with Gasteiger partial charge in [-0.25, -0.2) is 8.42 Å². The molecule has 0 aliphatic carbocycles. The number of thioether (sulfide) groups is 1. The molecule has 3 rings (SSSR count). The van der Waals surface area contributed by atoms with Gasteiger partial charge in [0.2, 0.25) is 0 Å². The molecule has 8 nitrogen and oxygen atoms in total. The Labute approximate surface area is 196 Å². The molecule has 33 heavy (non-hydrogen) atoms. The molecule has 172 valence electrons. The second kappa shape index (κ2) is 10.9. The molecule has 3 aromatic rings. The van der Waals surface area contributed by atoms with Crippen LogP contribution in [0.5, 0.6) is 5.75 Å². The molecule has 0 unspecified atom stereocenters. The van der Waals surface area contributed by atoms with E-state index in [2.05, 4.69) is 15.6 Å². The van der Waals surface area contributed by atoms with Crippen LogP contribution in [0.4, 0.5) is 5.69 Å². The number of hydrogen-bond donors (Lipinski definition) is 3. The van der Waals surface area contributed by atoms with Crippen molar-refractivity contribution in [2.45, 2.75) is 16.7 Å². The van der Waals surface area contributed by atoms with Gasteiger partial charge in [-0.15, -0.1) is 11.8 Å². The summed E-state index contributed by atoms with van der Waals surface area (Å²) in [6, 6.07) is 18.8. The maximum absolute atomic E-state index is 12.6. The highest BCUT2D eigenvalue weighted by atomic mass is 32.2. The van der Waals surface area contributed by atoms with Gasteiger partial charge >= 0.3 is 0 Å². The van der Waals surface area contributed by atoms with E-state index < -0.39 is 21.8 Å². The predicted octanol–water partition coefficient (Wildman–Crippen LogP) is 3.68. The zero-order valence-electron chi connectivity index (χ0n) is 18.0. The summed E-state index contributed by atoms with van der Waals surface area (Å²) in [7, 11) is -3.80. The number of carbonyl (C=O) groups is 2. The number of hydrogen-bond acceptors (Lipinski definition) is 6. The summed E-state index contributed by atoms with van der Waals surface area (Å²) in [6.45, 7) is 2.33. The first-order chi connectivity index (χ1) is 15.8. The van der Waals surface area contributed by atoms with E-state index in [0.29, 0.717) is 23.6 Å². The van der Waals surface area contributed by atoms with Crippen molar-refractivity contribution in [2.24, 2.45) is 0 Å². The number of hydrazine groups is 1. The van der Waals surface area contributed by atoms with Crippen molar-refractivity contribution in [1.82, 2.24) is 10.9 Å². The van der Waals surface area contributed by atoms with Crippen LogP contribution in [-0.2, 0) is 10.0 Å². The molecule has 0 aromatic heterocycles. The molecule has 0 saturated carbocycles. The third-order valence-corrected chi connectivity index (χ3v) is 6.63. The largest absolute Gasteiger partial charge is 0.494 e. The number of carbonyl (C=O) groups excluding carboxylic acids is 2. The molecule has 0 radical (unpaired) electrons. The van der Waals surface area contributed by atoms with Gasteiger partial charge < -0.3 is 4.74 Å². The van der Waals surface area contributed by atoms with E-state index in [1.54, 1.807) is 36.0 Å². The maximum Gasteiger partial charge on any atom is 0.269 e. The zero-order chi connectivity index (χ0) is 23.8. The first-order valence-electron chi connectivity index (χ1n) is 9.93. The summed E-state index contributed by atoms with van der Waals surface area (Å²) in [4.78, 5) is 25.6. The normalized spacial score (nSPS) is 10.8. The van der Waals surface area contributed by atoms with Crippen LogP contribution in [0.2, 0.25) is 0 Å². The first-order valence-corrected chi connectivity index (χ1v) is 12.6. The van der Waals surface area contributed by atoms with Crippen molar-refractivity contribution in [3.63, 3.8) is 0 Å². The lowest BCUT2D eigenvalue weighted by molar-refractivity contribution is 0.0846. The highest BCUT2D eigenvalue weighted by molar-refractivity contribution is 7.98. The summed E-state index contributed by atoms with van der Waals surface area (Å²) >= 11 is 1.56. The minimum absolute atomic E-state index is 0.0843. The van der Waals surface area contributed by atoms with E-state index >= 15 is 0 Å². The predicted molar refractivity (Wildman–Crippen MR) is 128 cm³/mol. The lowest BCUT2D eigenvalue weighted by atomic mass is 10.2. The minimum Gasteiger partial charge on any atom is -0.494 e. The maximum atomic E-state index is 12.6. The van der Waals surface area contributed by atoms with Crippen molar-refractivity contribution in [1.29, 1.82) is 0 Å². The van der Waals surface area contributed by atoms with Crippen molar-refractivity contribution >= 4 is 39.3 Å². The van der Waals surface area contributed by atoms with Gasteiger partial charge in [-0.3, -0.25) is 25.2 Å². The van der Waals surface area contributed by atoms with Crippen LogP contribution in [0.15, 0.2) is 82.6 Å². The van der Waals surface area contributed by atoms with Gasteiger partial charge in [0.25, 0.3) is 21.8 Å². The van der Waals surface area contributed by atoms with Crippen LogP contribution >= 0.6 is 11.8 Å². The summed E-state index contributed by atoms with van der Waals surface area (Å²) in [5, 5.41) is 0. The molecule has 0 bridgehead atoms. The van der Waals surface area contributed by atoms with Crippen molar-refractivity contribution in [2.75, 3.05) is 17.6 Å². The van der Waals surface area contributed by atoms with Gasteiger partial charge in [-0.2, -0.15) is 0 Å². The standard InChI is InChI=1S/C23H23N3O5S2/c1-3-31-19-10-14-21(15-11-19)33(29,30)26-18-8-4-16(5-9-18)22(27)24-25-23(28)17-6-12-20(32-2)13-7-17/h4-15,26H,3H2,1-2H3,(H,24,27)(H,25,28). The molecule has 10 heteroatoms. The molecular formula is C23H23N3O5S2. The third-order valence-electron chi connectivity index (χ3n) is 4.49. The van der Waals surface area contributed by atoms with Crippen molar-refractivity contribution < 1.29 is 22.7 Å². The fourth-order valence-corrected chi connectivity index (χ4v) is 4.25. The molecular weight excluding hydrogens is 462 g/mol. The Morgan fingerprint density at radius 3 is 1.82 bits per heavy atom. The van der Waals surface area contributed by atoms with E-state index in [4.69, 9.17) is 4.74 Å². The molecule has 0 aliphatic rings. The van der Waals surface area contributed by atoms with Gasteiger partial charge in [0.15, 0.2) is 0 Å². The highest BCUT2D eigenvalue weighted by Gasteiger charge is 2.15. The molecule has 0 saturated heterocycles. The number of benzene rings is 3. The van der Waals surface area contributed by atoms with Crippen LogP contribution in [0, 0.1) is 0 Å². The fraction of sp³-hybridized carbons (Fsp3) is 0.130. The summed E-state index contributed by atoms with van der Waals surface area (Å²) < 4.78 is 32.9. The molecule has 0 atom stereocenters. The van der Waals surface area contributed by atoms with Gasteiger partial charge in [0, 0.05) is 21.7 Å². The number of ether oxygens (including phenoxy) is 1. The SMILES string of the molecule is CCOc1ccc(S(=O)(=O)Nc2ccc(C(=O)NNC(=O)c3ccc(SC)cc3)cc2)cc1. The number of sulfonamides is 1. The highest BCUT2D eigenvalue weighted by Crippen LogP contribution is 2.20. The van der Waals surface area contributed by atoms with E-state index in [9.17, 15) is 18.0 Å². The molecule has 0 heterocycles. The van der Waals surface area contributed by atoms with Gasteiger partial charge in [0.1, 0.15) is 5.75 Å². The van der Waals surface area contributed by atoms with Crippen LogP contribution in [-0.4, -0.2) is 33.1 Å². The Kier molecular flexibility index (Phi) is 7.96. The minimum atomic E-state index is -3.80. The topological polar surface area (TPSA) is 114 Å². The number of anilines is 1. The summed E-state index contributed by atoms with van der Waals surface area (Å²) in [6.07, 6.45) is 1.94. The fourth-order valence-electron chi connectivity index (χ4n) is 2.79. The van der Waals surface area contributed by atoms with Gasteiger partial charge in [0.05, 0.1) is 11.5 Å². The van der Waals surface area contributed by atoms with E-state index in [1.807, 2.05) is 25.3 Å². The Balaban J connectivity index is 1.58. The Hall–Kier alpha value is -3.50. The number of rotatable bonds is 8. The van der Waals surface area contributed by atoms with Gasteiger partial charge in [-0.1, -0.05) is 0 Å². The Morgan fingerprint density at radius 2 is 1.33 bits per heavy atom. The summed E-state index contributed by atoms with van der Waals surface area (Å²) in [5.41, 5.74) is 5.64. The monoisotopic (exact) mass is 485 g/mol. The quantitative estimate of drug-likeness (QED) is 0.331. The first kappa shape index (κ1) is 24.1. The molecule has 0 spiro atoms. The van der Waals surface area contributed by atoms with Gasteiger partial charge in [-0.05, 0) is 86.0 Å². The average molecular weight is 486 g/mol. The van der Waals surface area contributed by atoms with E-state index in [0.717, 1.165) is 4.90 Å². The van der Waals surface area contributed by atoms with Crippen LogP contribution in [0.1, 0.15) is 27.6 Å². The van der Waals surface area contributed by atoms with Crippen LogP contribution < -0.4 is 20.3 Å². The second-order valence-corrected chi connectivity index (χ2v) is 9.29. The van der Waals surface area contributed by atoms with Crippen molar-refractivity contribution in [3.8, 4) is 5.75 Å². The summed E-state index contributed by atoms with van der Waals surface area (Å²) in [5.74, 6) is -0.406. The van der Waals surface area contributed by atoms with E-state index in [1.165, 1.54) is 36.4 Å². The molecule has 0 fully saturated rings. The molecule has 3 N–H and O–H groups in total. The Bertz CT molecular complexity index is 1210. The lowest BCUT2D eigenvalue weighted by Gasteiger charge is -2.10. The molecule has 2 amide bonds. The van der Waals surface area contributed by atoms with Crippen molar-refractivity contribution in [3.05, 3.63) is 83.9 Å². The third kappa shape index (κ3) is 6.50. The Morgan fingerprint density at radius 1 is 0.818 bits per heavy atom. The second-order valence-electron chi connectivity index (χ2n) is 6.72. The molecule has 3 aromatic carbocycles. The van der Waals surface area contributed by atoms with Crippen LogP contribution in [0.25, 0.3) is 0 Å². The average Bonchev–Trinajstić information content (AvgIpc) is 2.83.